The van der Waals surface area contributed by atoms with Crippen LogP contribution in [0.3, 0.4) is 0 Å². The van der Waals surface area contributed by atoms with E-state index in [0.717, 1.165) is 25.0 Å². The molecule has 1 aliphatic rings. The van der Waals surface area contributed by atoms with E-state index in [4.69, 9.17) is 4.74 Å². The van der Waals surface area contributed by atoms with E-state index in [1.165, 1.54) is 13.0 Å². The highest BCUT2D eigenvalue weighted by molar-refractivity contribution is 5.98. The first kappa shape index (κ1) is 15.6. The van der Waals surface area contributed by atoms with Crippen molar-refractivity contribution in [2.75, 3.05) is 6.61 Å². The molecule has 0 aliphatic heterocycles. The second-order valence-corrected chi connectivity index (χ2v) is 5.78. The molecule has 1 aliphatic carbocycles. The van der Waals surface area contributed by atoms with Crippen LogP contribution in [-0.4, -0.2) is 12.4 Å². The quantitative estimate of drug-likeness (QED) is 0.586. The predicted molar refractivity (Wildman–Crippen MR) is 80.0 cm³/mol. The normalized spacial score (nSPS) is 13.9. The van der Waals surface area contributed by atoms with Crippen LogP contribution < -0.4 is 4.74 Å². The van der Waals surface area contributed by atoms with Gasteiger partial charge in [-0.1, -0.05) is 6.07 Å². The minimum Gasteiger partial charge on any atom is -0.493 e. The molecule has 1 saturated carbocycles. The molecule has 2 nitrogen and oxygen atoms in total. The molecule has 2 aromatic rings. The fourth-order valence-electron chi connectivity index (χ4n) is 2.32. The molecule has 0 aromatic heterocycles. The molecule has 0 spiro atoms. The zero-order valence-electron chi connectivity index (χ0n) is 12.5. The van der Waals surface area contributed by atoms with E-state index in [0.29, 0.717) is 29.4 Å². The van der Waals surface area contributed by atoms with Gasteiger partial charge in [0.1, 0.15) is 5.75 Å². The van der Waals surface area contributed by atoms with Gasteiger partial charge < -0.3 is 4.74 Å². The van der Waals surface area contributed by atoms with Crippen molar-refractivity contribution in [3.63, 3.8) is 0 Å². The van der Waals surface area contributed by atoms with Crippen molar-refractivity contribution in [3.05, 3.63) is 53.3 Å². The highest BCUT2D eigenvalue weighted by Crippen LogP contribution is 2.32. The summed E-state index contributed by atoms with van der Waals surface area (Å²) in [4.78, 5) is 11.8. The molecule has 0 radical (unpaired) electrons. The van der Waals surface area contributed by atoms with Crippen LogP contribution in [0.5, 0.6) is 5.75 Å². The van der Waals surface area contributed by atoms with Gasteiger partial charge in [-0.05, 0) is 61.1 Å². The summed E-state index contributed by atoms with van der Waals surface area (Å²) in [7, 11) is 0. The Hall–Kier alpha value is -2.30. The lowest BCUT2D eigenvalue weighted by Crippen LogP contribution is -2.04. The summed E-state index contributed by atoms with van der Waals surface area (Å²) in [5.74, 6) is -3.26. The Kier molecular flexibility index (Phi) is 4.11. The molecule has 23 heavy (non-hydrogen) atoms. The first-order valence-electron chi connectivity index (χ1n) is 7.38. The van der Waals surface area contributed by atoms with Crippen LogP contribution in [0.4, 0.5) is 13.2 Å². The first-order chi connectivity index (χ1) is 11.0. The van der Waals surface area contributed by atoms with E-state index < -0.39 is 17.5 Å². The molecule has 0 atom stereocenters. The number of hydrogen-bond donors (Lipinski definition) is 0. The van der Waals surface area contributed by atoms with Crippen molar-refractivity contribution in [1.82, 2.24) is 0 Å². The van der Waals surface area contributed by atoms with Crippen LogP contribution in [0, 0.1) is 23.4 Å². The molecule has 2 aromatic carbocycles. The minimum absolute atomic E-state index is 0.164. The summed E-state index contributed by atoms with van der Waals surface area (Å²) in [5, 5.41) is 0. The van der Waals surface area contributed by atoms with Gasteiger partial charge in [-0.25, -0.2) is 13.2 Å². The lowest BCUT2D eigenvalue weighted by Gasteiger charge is -2.12. The number of rotatable bonds is 5. The van der Waals surface area contributed by atoms with Crippen LogP contribution in [-0.2, 0) is 0 Å². The Bertz CT molecular complexity index is 744. The second kappa shape index (κ2) is 6.07. The second-order valence-electron chi connectivity index (χ2n) is 5.78. The number of carbonyl (C=O) groups excluding carboxylic acids is 1. The van der Waals surface area contributed by atoms with E-state index in [2.05, 4.69) is 0 Å². The number of carbonyl (C=O) groups is 1. The average molecular weight is 320 g/mol. The third-order valence-corrected chi connectivity index (χ3v) is 3.85. The van der Waals surface area contributed by atoms with Gasteiger partial charge in [-0.15, -0.1) is 0 Å². The smallest absolute Gasteiger partial charge is 0.194 e. The monoisotopic (exact) mass is 320 g/mol. The molecule has 0 unspecified atom stereocenters. The van der Waals surface area contributed by atoms with Crippen molar-refractivity contribution in [1.29, 1.82) is 0 Å². The lowest BCUT2D eigenvalue weighted by molar-refractivity contribution is 0.101. The molecule has 0 saturated heterocycles. The van der Waals surface area contributed by atoms with Crippen molar-refractivity contribution in [2.24, 2.45) is 5.92 Å². The van der Waals surface area contributed by atoms with Crippen molar-refractivity contribution >= 4 is 5.78 Å². The number of ether oxygens (including phenoxy) is 1. The Morgan fingerprint density at radius 1 is 1.09 bits per heavy atom. The number of halogens is 3. The zero-order chi connectivity index (χ0) is 16.6. The van der Waals surface area contributed by atoms with Crippen molar-refractivity contribution < 1.29 is 22.7 Å². The standard InChI is InChI=1S/C18H15F3O2/c1-10(22)14-6-12(4-5-17(14)23-9-11-2-3-11)13-7-15(19)18(21)16(20)8-13/h4-8,11H,2-3,9H2,1H3. The summed E-state index contributed by atoms with van der Waals surface area (Å²) in [6.07, 6.45) is 2.25. The molecule has 1 fully saturated rings. The van der Waals surface area contributed by atoms with Crippen LogP contribution in [0.2, 0.25) is 0 Å². The maximum atomic E-state index is 13.4. The Morgan fingerprint density at radius 3 is 2.30 bits per heavy atom. The van der Waals surface area contributed by atoms with Crippen LogP contribution in [0.25, 0.3) is 11.1 Å². The molecule has 0 bridgehead atoms. The third-order valence-electron chi connectivity index (χ3n) is 3.85. The average Bonchev–Trinajstić information content (AvgIpc) is 3.34. The van der Waals surface area contributed by atoms with Gasteiger partial charge >= 0.3 is 0 Å². The molecular formula is C18H15F3O2. The van der Waals surface area contributed by atoms with Gasteiger partial charge in [0, 0.05) is 0 Å². The lowest BCUT2D eigenvalue weighted by atomic mass is 10.0. The summed E-state index contributed by atoms with van der Waals surface area (Å²) >= 11 is 0. The predicted octanol–water partition coefficient (Wildman–Crippen LogP) is 4.76. The largest absolute Gasteiger partial charge is 0.493 e. The van der Waals surface area contributed by atoms with Gasteiger partial charge in [-0.3, -0.25) is 4.79 Å². The topological polar surface area (TPSA) is 26.3 Å². The number of benzene rings is 2. The third kappa shape index (κ3) is 3.38. The SMILES string of the molecule is CC(=O)c1cc(-c2cc(F)c(F)c(F)c2)ccc1OCC1CC1. The van der Waals surface area contributed by atoms with Gasteiger partial charge in [0.2, 0.25) is 0 Å². The molecule has 120 valence electrons. The highest BCUT2D eigenvalue weighted by Gasteiger charge is 2.23. The maximum Gasteiger partial charge on any atom is 0.194 e. The molecule has 0 N–H and O–H groups in total. The maximum absolute atomic E-state index is 13.4. The summed E-state index contributed by atoms with van der Waals surface area (Å²) in [6, 6.07) is 6.52. The van der Waals surface area contributed by atoms with E-state index in [1.807, 2.05) is 0 Å². The Morgan fingerprint density at radius 2 is 1.74 bits per heavy atom. The molecule has 3 rings (SSSR count). The van der Waals surface area contributed by atoms with Crippen molar-refractivity contribution in [3.8, 4) is 16.9 Å². The van der Waals surface area contributed by atoms with Crippen LogP contribution in [0.15, 0.2) is 30.3 Å². The summed E-state index contributed by atoms with van der Waals surface area (Å²) in [5.41, 5.74) is 0.928. The van der Waals surface area contributed by atoms with Gasteiger partial charge in [0.15, 0.2) is 23.2 Å². The molecular weight excluding hydrogens is 305 g/mol. The summed E-state index contributed by atoms with van der Waals surface area (Å²) < 4.78 is 45.5. The Balaban J connectivity index is 1.96. The number of ketones is 1. The van der Waals surface area contributed by atoms with Gasteiger partial charge in [0.05, 0.1) is 12.2 Å². The van der Waals surface area contributed by atoms with E-state index in [-0.39, 0.29) is 11.3 Å². The summed E-state index contributed by atoms with van der Waals surface area (Å²) in [6.45, 7) is 1.95. The number of hydrogen-bond acceptors (Lipinski definition) is 2. The molecule has 0 amide bonds. The van der Waals surface area contributed by atoms with Crippen LogP contribution >= 0.6 is 0 Å². The van der Waals surface area contributed by atoms with Crippen LogP contribution in [0.1, 0.15) is 30.1 Å². The van der Waals surface area contributed by atoms with Gasteiger partial charge in [0.25, 0.3) is 0 Å². The Labute approximate surface area is 131 Å². The van der Waals surface area contributed by atoms with E-state index >= 15 is 0 Å². The zero-order valence-corrected chi connectivity index (χ0v) is 12.5. The fraction of sp³-hybridized carbons (Fsp3) is 0.278. The highest BCUT2D eigenvalue weighted by atomic mass is 19.2. The van der Waals surface area contributed by atoms with Crippen molar-refractivity contribution in [2.45, 2.75) is 19.8 Å². The van der Waals surface area contributed by atoms with E-state index in [1.54, 1.807) is 12.1 Å². The van der Waals surface area contributed by atoms with Gasteiger partial charge in [-0.2, -0.15) is 0 Å². The molecule has 0 heterocycles. The first-order valence-corrected chi connectivity index (χ1v) is 7.38. The number of Topliss-reactive ketones (excluding diaryl/α,β-unsaturated/α-hetero) is 1. The molecule has 5 heteroatoms. The fourth-order valence-corrected chi connectivity index (χ4v) is 2.32. The minimum atomic E-state index is -1.51. The van der Waals surface area contributed by atoms with E-state index in [9.17, 15) is 18.0 Å².